The molecule has 0 spiro atoms. The molecule has 1 aliphatic heterocycles. The number of anilines is 1. The summed E-state index contributed by atoms with van der Waals surface area (Å²) in [5, 5.41) is 4.61. The standard InChI is InChI=1S/C27H30N6O2S2/c1-36-25-9-7-22(8-10-25)17-32(27-30-26(31-37-27)33-14-12-28-19-33)13-11-23(15-24-18-34-20-35-24)29-16-21-5-3-2-4-6-21/h2-10,12,14,18-19,23,29H,11,13,15-17,20H2,1H3. The maximum absolute atomic E-state index is 5.64. The van der Waals surface area contributed by atoms with Crippen LogP contribution in [-0.4, -0.2) is 44.5 Å². The highest BCUT2D eigenvalue weighted by molar-refractivity contribution is 7.98. The van der Waals surface area contributed by atoms with Crippen molar-refractivity contribution in [3.05, 3.63) is 96.5 Å². The Labute approximate surface area is 225 Å². The molecule has 0 bridgehead atoms. The van der Waals surface area contributed by atoms with Gasteiger partial charge in [-0.25, -0.2) is 4.98 Å². The van der Waals surface area contributed by atoms with Crippen LogP contribution in [0, 0.1) is 0 Å². The number of aromatic nitrogens is 4. The molecule has 2 aromatic heterocycles. The Morgan fingerprint density at radius 2 is 2.00 bits per heavy atom. The molecule has 10 heteroatoms. The van der Waals surface area contributed by atoms with Crippen molar-refractivity contribution in [3.63, 3.8) is 0 Å². The third kappa shape index (κ3) is 7.12. The summed E-state index contributed by atoms with van der Waals surface area (Å²) in [6.07, 6.45) is 10.8. The number of hydrogen-bond acceptors (Lipinski definition) is 9. The summed E-state index contributed by atoms with van der Waals surface area (Å²) in [4.78, 5) is 12.5. The van der Waals surface area contributed by atoms with Crippen LogP contribution in [0.2, 0.25) is 0 Å². The number of thioether (sulfide) groups is 1. The van der Waals surface area contributed by atoms with Crippen LogP contribution in [-0.2, 0) is 22.6 Å². The van der Waals surface area contributed by atoms with Gasteiger partial charge in [-0.3, -0.25) is 4.57 Å². The first-order valence-electron chi connectivity index (χ1n) is 12.2. The molecule has 0 aliphatic carbocycles. The van der Waals surface area contributed by atoms with Crippen molar-refractivity contribution in [2.75, 3.05) is 24.5 Å². The molecule has 8 nitrogen and oxygen atoms in total. The number of ether oxygens (including phenoxy) is 2. The van der Waals surface area contributed by atoms with E-state index >= 15 is 0 Å². The van der Waals surface area contributed by atoms with Crippen LogP contribution >= 0.6 is 23.3 Å². The molecule has 1 atom stereocenters. The van der Waals surface area contributed by atoms with Gasteiger partial charge in [0, 0.05) is 60.9 Å². The molecule has 0 saturated carbocycles. The second-order valence-corrected chi connectivity index (χ2v) is 10.3. The van der Waals surface area contributed by atoms with Gasteiger partial charge in [-0.15, -0.1) is 11.8 Å². The van der Waals surface area contributed by atoms with E-state index in [1.165, 1.54) is 27.6 Å². The Hall–Kier alpha value is -3.34. The number of imidazole rings is 1. The normalized spacial score (nSPS) is 13.6. The van der Waals surface area contributed by atoms with Gasteiger partial charge in [0.1, 0.15) is 18.3 Å². The third-order valence-corrected chi connectivity index (χ3v) is 7.61. The summed E-state index contributed by atoms with van der Waals surface area (Å²) in [5.41, 5.74) is 2.49. The summed E-state index contributed by atoms with van der Waals surface area (Å²) in [7, 11) is 0. The molecule has 2 aromatic carbocycles. The van der Waals surface area contributed by atoms with Crippen LogP contribution in [0.25, 0.3) is 5.95 Å². The zero-order valence-electron chi connectivity index (χ0n) is 20.7. The summed E-state index contributed by atoms with van der Waals surface area (Å²) < 4.78 is 17.4. The van der Waals surface area contributed by atoms with E-state index in [0.29, 0.717) is 12.7 Å². The fraction of sp³-hybridized carbons (Fsp3) is 0.296. The monoisotopic (exact) mass is 534 g/mol. The molecule has 1 aliphatic rings. The molecular weight excluding hydrogens is 504 g/mol. The predicted molar refractivity (Wildman–Crippen MR) is 148 cm³/mol. The first kappa shape index (κ1) is 25.3. The van der Waals surface area contributed by atoms with Crippen molar-refractivity contribution >= 4 is 28.4 Å². The highest BCUT2D eigenvalue weighted by Crippen LogP contribution is 2.24. The lowest BCUT2D eigenvalue weighted by Crippen LogP contribution is -2.34. The third-order valence-electron chi connectivity index (χ3n) is 6.10. The molecule has 3 heterocycles. The predicted octanol–water partition coefficient (Wildman–Crippen LogP) is 5.24. The van der Waals surface area contributed by atoms with E-state index in [1.54, 1.807) is 30.5 Å². The highest BCUT2D eigenvalue weighted by Gasteiger charge is 2.20. The smallest absolute Gasteiger partial charge is 0.248 e. The van der Waals surface area contributed by atoms with E-state index in [4.69, 9.17) is 14.5 Å². The molecule has 0 amide bonds. The molecule has 0 fully saturated rings. The van der Waals surface area contributed by atoms with Crippen LogP contribution < -0.4 is 10.2 Å². The number of benzene rings is 2. The maximum Gasteiger partial charge on any atom is 0.248 e. The Morgan fingerprint density at radius 3 is 2.73 bits per heavy atom. The van der Waals surface area contributed by atoms with E-state index in [2.05, 4.69) is 74.4 Å². The van der Waals surface area contributed by atoms with Crippen molar-refractivity contribution < 1.29 is 9.47 Å². The van der Waals surface area contributed by atoms with Gasteiger partial charge >= 0.3 is 0 Å². The van der Waals surface area contributed by atoms with Crippen molar-refractivity contribution in [3.8, 4) is 5.95 Å². The molecule has 4 aromatic rings. The van der Waals surface area contributed by atoms with Crippen LogP contribution in [0.4, 0.5) is 5.13 Å². The minimum Gasteiger partial charge on any atom is -0.462 e. The SMILES string of the molecule is CSc1ccc(CN(CCC(CC2=COCO2)NCc2ccccc2)c2nc(-n3ccnc3)ns2)cc1. The zero-order chi connectivity index (χ0) is 25.3. The first-order chi connectivity index (χ1) is 18.3. The number of hydrogen-bond donors (Lipinski definition) is 1. The van der Waals surface area contributed by atoms with E-state index in [1.807, 2.05) is 16.8 Å². The van der Waals surface area contributed by atoms with Crippen molar-refractivity contribution in [2.24, 2.45) is 0 Å². The summed E-state index contributed by atoms with van der Waals surface area (Å²) in [5.74, 6) is 1.52. The minimum absolute atomic E-state index is 0.204. The van der Waals surface area contributed by atoms with Crippen LogP contribution in [0.5, 0.6) is 0 Å². The minimum atomic E-state index is 0.204. The molecule has 192 valence electrons. The lowest BCUT2D eigenvalue weighted by Gasteiger charge is -2.25. The first-order valence-corrected chi connectivity index (χ1v) is 14.2. The lowest BCUT2D eigenvalue weighted by atomic mass is 10.1. The molecule has 0 radical (unpaired) electrons. The quantitative estimate of drug-likeness (QED) is 0.234. The molecule has 5 rings (SSSR count). The lowest BCUT2D eigenvalue weighted by molar-refractivity contribution is 0.0762. The Morgan fingerprint density at radius 1 is 1.14 bits per heavy atom. The average molecular weight is 535 g/mol. The van der Waals surface area contributed by atoms with Gasteiger partial charge in [0.05, 0.1) is 0 Å². The van der Waals surface area contributed by atoms with E-state index < -0.39 is 0 Å². The molecular formula is C27H30N6O2S2. The topological polar surface area (TPSA) is 77.3 Å². The van der Waals surface area contributed by atoms with Gasteiger partial charge in [-0.1, -0.05) is 42.5 Å². The van der Waals surface area contributed by atoms with Gasteiger partial charge in [0.25, 0.3) is 0 Å². The molecule has 1 N–H and O–H groups in total. The second kappa shape index (κ2) is 12.8. The summed E-state index contributed by atoms with van der Waals surface area (Å²) in [6, 6.07) is 19.4. The largest absolute Gasteiger partial charge is 0.462 e. The number of nitrogens with one attached hydrogen (secondary N) is 1. The van der Waals surface area contributed by atoms with Crippen LogP contribution in [0.3, 0.4) is 0 Å². The van der Waals surface area contributed by atoms with Gasteiger partial charge in [-0.05, 0) is 35.9 Å². The zero-order valence-corrected chi connectivity index (χ0v) is 22.3. The van der Waals surface area contributed by atoms with E-state index in [-0.39, 0.29) is 6.04 Å². The maximum atomic E-state index is 5.64. The number of nitrogens with zero attached hydrogens (tertiary/aromatic N) is 5. The highest BCUT2D eigenvalue weighted by atomic mass is 32.2. The van der Waals surface area contributed by atoms with Gasteiger partial charge < -0.3 is 19.7 Å². The average Bonchev–Trinajstić information content (AvgIpc) is 3.73. The second-order valence-electron chi connectivity index (χ2n) is 8.69. The van der Waals surface area contributed by atoms with Crippen molar-refractivity contribution in [1.82, 2.24) is 24.2 Å². The summed E-state index contributed by atoms with van der Waals surface area (Å²) in [6.45, 7) is 2.64. The summed E-state index contributed by atoms with van der Waals surface area (Å²) >= 11 is 3.16. The van der Waals surface area contributed by atoms with E-state index in [9.17, 15) is 0 Å². The molecule has 1 unspecified atom stereocenters. The fourth-order valence-corrected chi connectivity index (χ4v) is 5.18. The van der Waals surface area contributed by atoms with Crippen molar-refractivity contribution in [2.45, 2.75) is 36.9 Å². The molecule has 37 heavy (non-hydrogen) atoms. The van der Waals surface area contributed by atoms with Crippen LogP contribution in [0.1, 0.15) is 24.0 Å². The van der Waals surface area contributed by atoms with Gasteiger partial charge in [-0.2, -0.15) is 9.36 Å². The van der Waals surface area contributed by atoms with Crippen molar-refractivity contribution in [1.29, 1.82) is 0 Å². The van der Waals surface area contributed by atoms with Gasteiger partial charge in [0.2, 0.25) is 17.9 Å². The van der Waals surface area contributed by atoms with Gasteiger partial charge in [0.15, 0.2) is 0 Å². The fourth-order valence-electron chi connectivity index (χ4n) is 4.08. The number of rotatable bonds is 13. The Kier molecular flexibility index (Phi) is 8.73. The Balaban J connectivity index is 1.32. The Bertz CT molecular complexity index is 1260. The molecule has 0 saturated heterocycles. The van der Waals surface area contributed by atoms with E-state index in [0.717, 1.165) is 43.4 Å². The van der Waals surface area contributed by atoms with Crippen LogP contribution in [0.15, 0.2) is 90.2 Å².